The Morgan fingerprint density at radius 2 is 1.46 bits per heavy atom. The predicted molar refractivity (Wildman–Crippen MR) is 163 cm³/mol. The molecule has 0 radical (unpaired) electrons. The van der Waals surface area contributed by atoms with Crippen LogP contribution < -0.4 is 10.6 Å². The van der Waals surface area contributed by atoms with Crippen LogP contribution in [0, 0.1) is 5.41 Å². The molecule has 4 rings (SSSR count). The maximum absolute atomic E-state index is 12.6. The van der Waals surface area contributed by atoms with Crippen molar-refractivity contribution in [2.75, 3.05) is 37.6 Å². The molecule has 1 aliphatic carbocycles. The minimum Gasteiger partial charge on any atom is -0.384 e. The van der Waals surface area contributed by atoms with Crippen LogP contribution in [0.15, 0.2) is 71.2 Å². The van der Waals surface area contributed by atoms with E-state index in [1.807, 2.05) is 35.2 Å². The summed E-state index contributed by atoms with van der Waals surface area (Å²) in [7, 11) is 0. The molecule has 6 heteroatoms. The zero-order valence-electron chi connectivity index (χ0n) is 23.4. The predicted octanol–water partition coefficient (Wildman–Crippen LogP) is 6.14. The number of piperazine rings is 1. The zero-order valence-corrected chi connectivity index (χ0v) is 23.4. The summed E-state index contributed by atoms with van der Waals surface area (Å²) in [5, 5.41) is 8.47. The van der Waals surface area contributed by atoms with Gasteiger partial charge in [0.25, 0.3) is 0 Å². The summed E-state index contributed by atoms with van der Waals surface area (Å²) in [6.07, 6.45) is 13.7. The molecule has 6 nitrogen and oxygen atoms in total. The third-order valence-electron chi connectivity index (χ3n) is 7.94. The summed E-state index contributed by atoms with van der Waals surface area (Å²) in [5.74, 6) is 0.866. The molecule has 0 bridgehead atoms. The largest absolute Gasteiger partial charge is 0.384 e. The number of hydrogen-bond donors (Lipinski definition) is 2. The first kappa shape index (κ1) is 28.6. The van der Waals surface area contributed by atoms with Crippen molar-refractivity contribution in [2.24, 2.45) is 10.7 Å². The SMILES string of the molecule is N=C1/C(=C\C(N)=NCCCCCCCCCCC(=O)N2CCN(c3ccccc3)CC2)CCc2ccccc21. The van der Waals surface area contributed by atoms with Crippen molar-refractivity contribution in [2.45, 2.75) is 70.6 Å². The number of allylic oxidation sites excluding steroid dienone is 1. The Morgan fingerprint density at radius 1 is 0.821 bits per heavy atom. The second-order valence-electron chi connectivity index (χ2n) is 10.8. The van der Waals surface area contributed by atoms with Crippen molar-refractivity contribution in [1.29, 1.82) is 5.41 Å². The number of aliphatic imine (C=N–C) groups is 1. The molecule has 1 aliphatic heterocycles. The van der Waals surface area contributed by atoms with Gasteiger partial charge in [-0.3, -0.25) is 15.2 Å². The number of carbonyl (C=O) groups excluding carboxylic acids is 1. The van der Waals surface area contributed by atoms with Crippen molar-refractivity contribution in [3.05, 3.63) is 77.4 Å². The van der Waals surface area contributed by atoms with Crippen molar-refractivity contribution in [3.8, 4) is 0 Å². The number of benzene rings is 2. The molecule has 0 spiro atoms. The number of para-hydroxylation sites is 1. The lowest BCUT2D eigenvalue weighted by Gasteiger charge is -2.36. The highest BCUT2D eigenvalue weighted by Crippen LogP contribution is 2.24. The molecular weight excluding hydrogens is 482 g/mol. The molecule has 0 atom stereocenters. The van der Waals surface area contributed by atoms with E-state index >= 15 is 0 Å². The van der Waals surface area contributed by atoms with E-state index in [9.17, 15) is 4.79 Å². The molecule has 2 aromatic rings. The van der Waals surface area contributed by atoms with E-state index < -0.39 is 0 Å². The number of aryl methyl sites for hydroxylation is 1. The second-order valence-corrected chi connectivity index (χ2v) is 10.8. The van der Waals surface area contributed by atoms with Crippen molar-refractivity contribution < 1.29 is 4.79 Å². The fraction of sp³-hybridized carbons (Fsp3) is 0.485. The lowest BCUT2D eigenvalue weighted by atomic mass is 9.86. The van der Waals surface area contributed by atoms with Gasteiger partial charge in [0.05, 0.1) is 5.71 Å². The molecule has 0 unspecified atom stereocenters. The third-order valence-corrected chi connectivity index (χ3v) is 7.94. The number of unbranched alkanes of at least 4 members (excludes halogenated alkanes) is 7. The van der Waals surface area contributed by atoms with E-state index in [1.165, 1.54) is 43.4 Å². The number of nitrogens with two attached hydrogens (primary N) is 1. The Labute approximate surface area is 234 Å². The van der Waals surface area contributed by atoms with Crippen LogP contribution in [-0.4, -0.2) is 55.1 Å². The molecular formula is C33H45N5O. The second kappa shape index (κ2) is 15.2. The van der Waals surface area contributed by atoms with Crippen LogP contribution in [0.2, 0.25) is 0 Å². The Bertz CT molecular complexity index is 1130. The van der Waals surface area contributed by atoms with Crippen LogP contribution in [0.1, 0.15) is 75.3 Å². The van der Waals surface area contributed by atoms with Crippen molar-refractivity contribution >= 4 is 23.1 Å². The van der Waals surface area contributed by atoms with Crippen molar-refractivity contribution in [3.63, 3.8) is 0 Å². The normalized spacial score (nSPS) is 17.0. The summed E-state index contributed by atoms with van der Waals surface area (Å²) >= 11 is 0. The minimum atomic E-state index is 0.323. The Kier molecular flexibility index (Phi) is 11.2. The monoisotopic (exact) mass is 527 g/mol. The van der Waals surface area contributed by atoms with Gasteiger partial charge in [0.15, 0.2) is 0 Å². The van der Waals surface area contributed by atoms with E-state index in [4.69, 9.17) is 11.1 Å². The highest BCUT2D eigenvalue weighted by atomic mass is 16.2. The summed E-state index contributed by atoms with van der Waals surface area (Å²) in [5.41, 5.74) is 11.2. The first-order chi connectivity index (χ1) is 19.1. The highest BCUT2D eigenvalue weighted by Gasteiger charge is 2.21. The summed E-state index contributed by atoms with van der Waals surface area (Å²) in [6, 6.07) is 18.6. The molecule has 0 saturated carbocycles. The number of amidine groups is 1. The highest BCUT2D eigenvalue weighted by molar-refractivity contribution is 6.15. The minimum absolute atomic E-state index is 0.323. The Morgan fingerprint density at radius 3 is 2.21 bits per heavy atom. The van der Waals surface area contributed by atoms with Crippen molar-refractivity contribution in [1.82, 2.24) is 4.90 Å². The lowest BCUT2D eigenvalue weighted by molar-refractivity contribution is -0.131. The molecule has 39 heavy (non-hydrogen) atoms. The van der Waals surface area contributed by atoms with Crippen LogP contribution >= 0.6 is 0 Å². The van der Waals surface area contributed by atoms with Crippen LogP contribution in [0.5, 0.6) is 0 Å². The maximum Gasteiger partial charge on any atom is 0.222 e. The molecule has 1 fully saturated rings. The molecule has 1 saturated heterocycles. The average molecular weight is 528 g/mol. The maximum atomic E-state index is 12.6. The first-order valence-electron chi connectivity index (χ1n) is 14.9. The van der Waals surface area contributed by atoms with E-state index in [1.54, 1.807) is 0 Å². The third kappa shape index (κ3) is 8.81. The van der Waals surface area contributed by atoms with E-state index in [0.29, 0.717) is 23.9 Å². The van der Waals surface area contributed by atoms with Crippen LogP contribution in [0.4, 0.5) is 5.69 Å². The summed E-state index contributed by atoms with van der Waals surface area (Å²) < 4.78 is 0. The number of amides is 1. The number of rotatable bonds is 13. The van der Waals surface area contributed by atoms with E-state index in [-0.39, 0.29) is 0 Å². The standard InChI is InChI=1S/C33H45N5O/c34-31(26-28-20-19-27-14-11-12-17-30(27)33(28)35)36-21-13-6-4-2-1-3-5-10-18-32(39)38-24-22-37(23-25-38)29-15-8-7-9-16-29/h7-9,11-12,14-17,26,35H,1-6,10,13,18-25H2,(H2,34,36)/b28-26-,35-33?. The number of carbonyl (C=O) groups is 1. The van der Waals surface area contributed by atoms with Gasteiger partial charge >= 0.3 is 0 Å². The average Bonchev–Trinajstić information content (AvgIpc) is 2.98. The molecule has 1 amide bonds. The topological polar surface area (TPSA) is 85.8 Å². The van der Waals surface area contributed by atoms with Crippen LogP contribution in [-0.2, 0) is 11.2 Å². The lowest BCUT2D eigenvalue weighted by Crippen LogP contribution is -2.48. The molecule has 2 aromatic carbocycles. The van der Waals surface area contributed by atoms with Gasteiger partial charge in [-0.1, -0.05) is 81.0 Å². The number of fused-ring (bicyclic) bond motifs is 1. The Hall–Kier alpha value is -3.41. The van der Waals surface area contributed by atoms with Gasteiger partial charge < -0.3 is 15.5 Å². The summed E-state index contributed by atoms with van der Waals surface area (Å²) in [4.78, 5) is 21.5. The number of nitrogens with zero attached hydrogens (tertiary/aromatic N) is 3. The van der Waals surface area contributed by atoms with E-state index in [0.717, 1.165) is 76.0 Å². The van der Waals surface area contributed by atoms with Gasteiger partial charge in [-0.05, 0) is 55.0 Å². The quantitative estimate of drug-likeness (QED) is 0.186. The van der Waals surface area contributed by atoms with Gasteiger partial charge in [-0.25, -0.2) is 0 Å². The molecule has 1 heterocycles. The molecule has 2 aliphatic rings. The smallest absolute Gasteiger partial charge is 0.222 e. The number of hydrogen-bond acceptors (Lipinski definition) is 4. The van der Waals surface area contributed by atoms with Gasteiger partial charge in [0.1, 0.15) is 5.84 Å². The molecule has 0 aromatic heterocycles. The number of anilines is 1. The van der Waals surface area contributed by atoms with Crippen LogP contribution in [0.3, 0.4) is 0 Å². The molecule has 208 valence electrons. The van der Waals surface area contributed by atoms with Gasteiger partial charge in [-0.15, -0.1) is 0 Å². The fourth-order valence-corrected chi connectivity index (χ4v) is 5.59. The van der Waals surface area contributed by atoms with Gasteiger partial charge in [0.2, 0.25) is 5.91 Å². The summed E-state index contributed by atoms with van der Waals surface area (Å²) in [6.45, 7) is 4.26. The van der Waals surface area contributed by atoms with Crippen LogP contribution in [0.25, 0.3) is 0 Å². The molecule has 3 N–H and O–H groups in total. The van der Waals surface area contributed by atoms with Gasteiger partial charge in [0, 0.05) is 50.4 Å². The zero-order chi connectivity index (χ0) is 27.3. The van der Waals surface area contributed by atoms with Gasteiger partial charge in [-0.2, -0.15) is 0 Å². The fourth-order valence-electron chi connectivity index (χ4n) is 5.59. The number of nitrogens with one attached hydrogen (secondary N) is 1. The van der Waals surface area contributed by atoms with E-state index in [2.05, 4.69) is 40.2 Å². The Balaban J connectivity index is 0.993. The first-order valence-corrected chi connectivity index (χ1v) is 14.9.